The molecule has 0 fully saturated rings. The number of nitrogens with zero attached hydrogens (tertiary/aromatic N) is 1. The minimum atomic E-state index is 0.261. The maximum Gasteiger partial charge on any atom is 0.0513 e. The number of para-hydroxylation sites is 1. The summed E-state index contributed by atoms with van der Waals surface area (Å²) in [5, 5.41) is 1.34. The van der Waals surface area contributed by atoms with Crippen LogP contribution in [0.2, 0.25) is 0 Å². The second-order valence-corrected chi connectivity index (χ2v) is 5.88. The first-order chi connectivity index (χ1) is 9.69. The molecule has 1 atom stereocenters. The van der Waals surface area contributed by atoms with E-state index < -0.39 is 0 Å². The molecule has 0 aliphatic rings. The summed E-state index contributed by atoms with van der Waals surface area (Å²) in [6, 6.07) is 9.10. The Hall–Kier alpha value is -1.28. The number of hydrogen-bond donors (Lipinski definition) is 1. The van der Waals surface area contributed by atoms with Gasteiger partial charge in [-0.2, -0.15) is 0 Å². The Bertz CT molecular complexity index is 537. The topological polar surface area (TPSA) is 30.9 Å². The zero-order valence-corrected chi connectivity index (χ0v) is 13.1. The van der Waals surface area contributed by atoms with Gasteiger partial charge in [0.1, 0.15) is 0 Å². The average Bonchev–Trinajstić information content (AvgIpc) is 2.88. The van der Waals surface area contributed by atoms with Crippen molar-refractivity contribution >= 4 is 10.9 Å². The summed E-state index contributed by atoms with van der Waals surface area (Å²) in [6.07, 6.45) is 6.73. The normalized spacial score (nSPS) is 13.2. The van der Waals surface area contributed by atoms with Gasteiger partial charge in [0.15, 0.2) is 0 Å². The highest BCUT2D eigenvalue weighted by Gasteiger charge is 2.12. The van der Waals surface area contributed by atoms with Crippen LogP contribution in [0.3, 0.4) is 0 Å². The van der Waals surface area contributed by atoms with Crippen molar-refractivity contribution in [1.29, 1.82) is 0 Å². The van der Waals surface area contributed by atoms with Crippen LogP contribution >= 0.6 is 0 Å². The molecule has 0 amide bonds. The molecule has 0 aliphatic carbocycles. The van der Waals surface area contributed by atoms with E-state index in [1.165, 1.54) is 29.3 Å². The van der Waals surface area contributed by atoms with Crippen LogP contribution in [0.1, 0.15) is 45.6 Å². The number of fused-ring (bicyclic) bond motifs is 1. The lowest BCUT2D eigenvalue weighted by Gasteiger charge is -2.17. The molecule has 0 saturated heterocycles. The first-order valence-electron chi connectivity index (χ1n) is 8.01. The van der Waals surface area contributed by atoms with Gasteiger partial charge in [0, 0.05) is 18.8 Å². The van der Waals surface area contributed by atoms with Crippen molar-refractivity contribution in [2.75, 3.05) is 0 Å². The van der Waals surface area contributed by atoms with Crippen LogP contribution in [0, 0.1) is 5.92 Å². The number of aromatic nitrogens is 1. The molecule has 2 heteroatoms. The van der Waals surface area contributed by atoms with Crippen molar-refractivity contribution in [2.24, 2.45) is 11.7 Å². The fourth-order valence-corrected chi connectivity index (χ4v) is 2.91. The summed E-state index contributed by atoms with van der Waals surface area (Å²) in [4.78, 5) is 0. The molecule has 110 valence electrons. The summed E-state index contributed by atoms with van der Waals surface area (Å²) in [5.41, 5.74) is 8.95. The molecule has 0 aliphatic heterocycles. The van der Waals surface area contributed by atoms with Gasteiger partial charge in [0.25, 0.3) is 0 Å². The summed E-state index contributed by atoms with van der Waals surface area (Å²) in [7, 11) is 0. The van der Waals surface area contributed by atoms with Gasteiger partial charge in [-0.1, -0.05) is 51.8 Å². The average molecular weight is 272 g/mol. The minimum Gasteiger partial charge on any atom is -0.347 e. The van der Waals surface area contributed by atoms with E-state index in [9.17, 15) is 0 Å². The Kier molecular flexibility index (Phi) is 5.24. The predicted molar refractivity (Wildman–Crippen MR) is 88.0 cm³/mol. The molecule has 2 aromatic rings. The molecular weight excluding hydrogens is 244 g/mol. The Morgan fingerprint density at radius 1 is 1.05 bits per heavy atom. The molecule has 1 aromatic heterocycles. The molecule has 0 radical (unpaired) electrons. The second-order valence-electron chi connectivity index (χ2n) is 5.88. The van der Waals surface area contributed by atoms with E-state index in [1.54, 1.807) is 0 Å². The Balaban J connectivity index is 2.35. The first-order valence-corrected chi connectivity index (χ1v) is 8.01. The van der Waals surface area contributed by atoms with E-state index in [1.807, 2.05) is 0 Å². The molecule has 20 heavy (non-hydrogen) atoms. The Labute approximate surface area is 123 Å². The molecular formula is C18H28N2. The van der Waals surface area contributed by atoms with Gasteiger partial charge < -0.3 is 10.3 Å². The molecule has 2 nitrogen and oxygen atoms in total. The monoisotopic (exact) mass is 272 g/mol. The molecule has 0 spiro atoms. The smallest absolute Gasteiger partial charge is 0.0513 e. The summed E-state index contributed by atoms with van der Waals surface area (Å²) in [5.74, 6) is 0.763. The third-order valence-electron chi connectivity index (χ3n) is 4.49. The maximum absolute atomic E-state index is 6.16. The van der Waals surface area contributed by atoms with E-state index in [4.69, 9.17) is 5.73 Å². The standard InChI is InChI=1S/C18H28N2/c1-4-14(5-2)13-20-11-10-15-8-7-9-16(18(15)20)12-17(19)6-3/h7-11,14,17H,4-6,12-13,19H2,1-3H3. The highest BCUT2D eigenvalue weighted by molar-refractivity contribution is 5.83. The molecule has 1 aromatic carbocycles. The second kappa shape index (κ2) is 6.94. The van der Waals surface area contributed by atoms with Gasteiger partial charge in [-0.15, -0.1) is 0 Å². The van der Waals surface area contributed by atoms with Gasteiger partial charge in [0.05, 0.1) is 5.52 Å². The van der Waals surface area contributed by atoms with Gasteiger partial charge in [-0.05, 0) is 35.8 Å². The molecule has 0 saturated carbocycles. The Morgan fingerprint density at radius 3 is 2.45 bits per heavy atom. The fourth-order valence-electron chi connectivity index (χ4n) is 2.91. The Morgan fingerprint density at radius 2 is 1.80 bits per heavy atom. The van der Waals surface area contributed by atoms with E-state index in [0.29, 0.717) is 0 Å². The lowest BCUT2D eigenvalue weighted by atomic mass is 10.0. The summed E-state index contributed by atoms with van der Waals surface area (Å²) >= 11 is 0. The maximum atomic E-state index is 6.16. The molecule has 1 heterocycles. The molecule has 1 unspecified atom stereocenters. The van der Waals surface area contributed by atoms with Gasteiger partial charge >= 0.3 is 0 Å². The van der Waals surface area contributed by atoms with Crippen LogP contribution in [0.4, 0.5) is 0 Å². The van der Waals surface area contributed by atoms with E-state index >= 15 is 0 Å². The third-order valence-corrected chi connectivity index (χ3v) is 4.49. The van der Waals surface area contributed by atoms with E-state index in [2.05, 4.69) is 55.8 Å². The van der Waals surface area contributed by atoms with E-state index in [-0.39, 0.29) is 6.04 Å². The fraction of sp³-hybridized carbons (Fsp3) is 0.556. The van der Waals surface area contributed by atoms with Crippen molar-refractivity contribution in [3.63, 3.8) is 0 Å². The van der Waals surface area contributed by atoms with Crippen LogP contribution in [-0.2, 0) is 13.0 Å². The lowest BCUT2D eigenvalue weighted by Crippen LogP contribution is -2.22. The largest absolute Gasteiger partial charge is 0.347 e. The number of hydrogen-bond acceptors (Lipinski definition) is 1. The number of rotatable bonds is 7. The van der Waals surface area contributed by atoms with Crippen LogP contribution in [-0.4, -0.2) is 10.6 Å². The number of benzene rings is 1. The van der Waals surface area contributed by atoms with Crippen LogP contribution in [0.5, 0.6) is 0 Å². The van der Waals surface area contributed by atoms with Crippen LogP contribution in [0.15, 0.2) is 30.5 Å². The van der Waals surface area contributed by atoms with Gasteiger partial charge in [-0.3, -0.25) is 0 Å². The van der Waals surface area contributed by atoms with Gasteiger partial charge in [0.2, 0.25) is 0 Å². The van der Waals surface area contributed by atoms with Crippen LogP contribution in [0.25, 0.3) is 10.9 Å². The van der Waals surface area contributed by atoms with Crippen molar-refractivity contribution < 1.29 is 0 Å². The minimum absolute atomic E-state index is 0.261. The summed E-state index contributed by atoms with van der Waals surface area (Å²) in [6.45, 7) is 7.85. The van der Waals surface area contributed by atoms with Crippen LogP contribution < -0.4 is 5.73 Å². The number of nitrogens with two attached hydrogens (primary N) is 1. The molecule has 2 rings (SSSR count). The zero-order chi connectivity index (χ0) is 14.5. The zero-order valence-electron chi connectivity index (χ0n) is 13.1. The van der Waals surface area contributed by atoms with Crippen molar-refractivity contribution in [1.82, 2.24) is 4.57 Å². The summed E-state index contributed by atoms with van der Waals surface area (Å²) < 4.78 is 2.44. The molecule has 0 bridgehead atoms. The van der Waals surface area contributed by atoms with Gasteiger partial charge in [-0.25, -0.2) is 0 Å². The first kappa shape index (κ1) is 15.1. The van der Waals surface area contributed by atoms with E-state index in [0.717, 1.165) is 25.3 Å². The van der Waals surface area contributed by atoms with Crippen molar-refractivity contribution in [3.8, 4) is 0 Å². The highest BCUT2D eigenvalue weighted by atomic mass is 15.0. The SMILES string of the molecule is CCC(N)Cc1cccc2ccn(CC(CC)CC)c12. The van der Waals surface area contributed by atoms with Crippen molar-refractivity contribution in [3.05, 3.63) is 36.0 Å². The highest BCUT2D eigenvalue weighted by Crippen LogP contribution is 2.24. The molecule has 2 N–H and O–H groups in total. The third kappa shape index (κ3) is 3.24. The lowest BCUT2D eigenvalue weighted by molar-refractivity contribution is 0.425. The van der Waals surface area contributed by atoms with Crippen molar-refractivity contribution in [2.45, 2.75) is 59.0 Å². The predicted octanol–water partition coefficient (Wildman–Crippen LogP) is 4.36. The quantitative estimate of drug-likeness (QED) is 0.798.